The summed E-state index contributed by atoms with van der Waals surface area (Å²) in [5.41, 5.74) is 2.16. The van der Waals surface area contributed by atoms with Crippen molar-refractivity contribution in [3.8, 4) is 0 Å². The number of rotatable bonds is 4. The molecule has 0 aliphatic carbocycles. The number of pyridine rings is 1. The Labute approximate surface area is 99.1 Å². The van der Waals surface area contributed by atoms with Gasteiger partial charge in [-0.15, -0.1) is 11.8 Å². The number of hydrogen-bond acceptors (Lipinski definition) is 4. The molecule has 1 N–H and O–H groups in total. The van der Waals surface area contributed by atoms with Crippen LogP contribution >= 0.6 is 11.8 Å². The summed E-state index contributed by atoms with van der Waals surface area (Å²) in [6.45, 7) is 0. The molecule has 0 unspecified atom stereocenters. The molecule has 0 aliphatic rings. The number of nitrogens with one attached hydrogen (secondary N) is 1. The maximum atomic E-state index is 4.32. The van der Waals surface area contributed by atoms with Gasteiger partial charge in [0.25, 0.3) is 0 Å². The molecule has 0 atom stereocenters. The van der Waals surface area contributed by atoms with E-state index in [9.17, 15) is 0 Å². The van der Waals surface area contributed by atoms with Gasteiger partial charge in [0.1, 0.15) is 0 Å². The van der Waals surface area contributed by atoms with Gasteiger partial charge >= 0.3 is 0 Å². The first kappa shape index (κ1) is 11.0. The van der Waals surface area contributed by atoms with E-state index in [2.05, 4.69) is 21.5 Å². The van der Waals surface area contributed by atoms with Gasteiger partial charge in [0.15, 0.2) is 0 Å². The van der Waals surface area contributed by atoms with E-state index in [1.165, 1.54) is 4.90 Å². The maximum Gasteiger partial charge on any atom is 0.0625 e. The molecule has 5 heteroatoms. The number of aryl methyl sites for hydroxylation is 1. The highest BCUT2D eigenvalue weighted by molar-refractivity contribution is 7.98. The summed E-state index contributed by atoms with van der Waals surface area (Å²) in [5.74, 6) is 0.862. The second-order valence-corrected chi connectivity index (χ2v) is 4.47. The lowest BCUT2D eigenvalue weighted by atomic mass is 10.3. The molecule has 2 aromatic rings. The van der Waals surface area contributed by atoms with Gasteiger partial charge in [0.2, 0.25) is 0 Å². The zero-order chi connectivity index (χ0) is 11.4. The molecule has 84 valence electrons. The Hall–Kier alpha value is -1.49. The average molecular weight is 234 g/mol. The van der Waals surface area contributed by atoms with Crippen molar-refractivity contribution in [3.63, 3.8) is 0 Å². The third kappa shape index (κ3) is 2.76. The largest absolute Gasteiger partial charge is 0.388 e. The zero-order valence-corrected chi connectivity index (χ0v) is 10.2. The molecule has 2 rings (SSSR count). The monoisotopic (exact) mass is 234 g/mol. The van der Waals surface area contributed by atoms with Crippen molar-refractivity contribution in [2.45, 2.75) is 10.6 Å². The second-order valence-electron chi connectivity index (χ2n) is 3.42. The van der Waals surface area contributed by atoms with Crippen molar-refractivity contribution >= 4 is 17.4 Å². The normalized spacial score (nSPS) is 10.4. The number of thioether (sulfide) groups is 1. The van der Waals surface area contributed by atoms with Crippen molar-refractivity contribution in [1.82, 2.24) is 14.8 Å². The molecule has 0 aromatic carbocycles. The molecule has 0 radical (unpaired) electrons. The smallest absolute Gasteiger partial charge is 0.0625 e. The van der Waals surface area contributed by atoms with E-state index in [1.54, 1.807) is 16.4 Å². The third-order valence-corrected chi connectivity index (χ3v) is 3.16. The van der Waals surface area contributed by atoms with Crippen molar-refractivity contribution in [2.24, 2.45) is 7.05 Å². The van der Waals surface area contributed by atoms with Crippen LogP contribution in [0, 0.1) is 0 Å². The van der Waals surface area contributed by atoms with Gasteiger partial charge in [0, 0.05) is 42.8 Å². The third-order valence-electron chi connectivity index (χ3n) is 2.17. The van der Waals surface area contributed by atoms with E-state index < -0.39 is 0 Å². The van der Waals surface area contributed by atoms with E-state index >= 15 is 0 Å². The average Bonchev–Trinajstić information content (AvgIpc) is 2.73. The summed E-state index contributed by atoms with van der Waals surface area (Å²) in [7, 11) is 3.83. The highest BCUT2D eigenvalue weighted by Crippen LogP contribution is 2.21. The first-order valence-corrected chi connectivity index (χ1v) is 6.00. The molecule has 0 aliphatic heterocycles. The van der Waals surface area contributed by atoms with Gasteiger partial charge in [-0.25, -0.2) is 0 Å². The molecular weight excluding hydrogens is 220 g/mol. The van der Waals surface area contributed by atoms with E-state index in [4.69, 9.17) is 0 Å². The highest BCUT2D eigenvalue weighted by Gasteiger charge is 2.00. The minimum atomic E-state index is 0.862. The minimum Gasteiger partial charge on any atom is -0.388 e. The number of nitrogens with zero attached hydrogens (tertiary/aromatic N) is 3. The predicted molar refractivity (Wildman–Crippen MR) is 66.6 cm³/mol. The molecular formula is C11H14N4S. The van der Waals surface area contributed by atoms with Gasteiger partial charge in [-0.2, -0.15) is 5.10 Å². The standard InChI is InChI=1S/C11H14N4S/c1-12-9-3-4-13-10(5-9)8-16-11-6-14-15(2)7-11/h3-7H,8H2,1-2H3,(H,12,13). The van der Waals surface area contributed by atoms with E-state index in [1.807, 2.05) is 38.8 Å². The Bertz CT molecular complexity index is 467. The SMILES string of the molecule is CNc1ccnc(CSc2cnn(C)c2)c1. The number of hydrogen-bond donors (Lipinski definition) is 1. The van der Waals surface area contributed by atoms with Crippen LogP contribution in [0.25, 0.3) is 0 Å². The number of anilines is 1. The van der Waals surface area contributed by atoms with Crippen molar-refractivity contribution in [3.05, 3.63) is 36.4 Å². The molecule has 0 amide bonds. The van der Waals surface area contributed by atoms with Crippen LogP contribution in [0.3, 0.4) is 0 Å². The molecule has 2 heterocycles. The van der Waals surface area contributed by atoms with Crippen LogP contribution in [0.1, 0.15) is 5.69 Å². The first-order chi connectivity index (χ1) is 7.78. The van der Waals surface area contributed by atoms with Crippen molar-refractivity contribution in [1.29, 1.82) is 0 Å². The van der Waals surface area contributed by atoms with Crippen molar-refractivity contribution in [2.75, 3.05) is 12.4 Å². The topological polar surface area (TPSA) is 42.7 Å². The molecule has 16 heavy (non-hydrogen) atoms. The second kappa shape index (κ2) is 5.03. The Kier molecular flexibility index (Phi) is 3.46. The van der Waals surface area contributed by atoms with Gasteiger partial charge in [-0.1, -0.05) is 0 Å². The molecule has 0 saturated heterocycles. The highest BCUT2D eigenvalue weighted by atomic mass is 32.2. The molecule has 0 fully saturated rings. The van der Waals surface area contributed by atoms with Crippen LogP contribution in [-0.2, 0) is 12.8 Å². The quantitative estimate of drug-likeness (QED) is 0.823. The fraction of sp³-hybridized carbons (Fsp3) is 0.273. The summed E-state index contributed by atoms with van der Waals surface area (Å²) in [5, 5.41) is 7.23. The van der Waals surface area contributed by atoms with E-state index in [0.29, 0.717) is 0 Å². The lowest BCUT2D eigenvalue weighted by Crippen LogP contribution is -1.91. The predicted octanol–water partition coefficient (Wildman–Crippen LogP) is 2.15. The van der Waals surface area contributed by atoms with Crippen molar-refractivity contribution < 1.29 is 0 Å². The Balaban J connectivity index is 1.99. The van der Waals surface area contributed by atoms with Crippen LogP contribution in [0.5, 0.6) is 0 Å². The van der Waals surface area contributed by atoms with Gasteiger partial charge in [-0.3, -0.25) is 9.67 Å². The Morgan fingerprint density at radius 3 is 3.06 bits per heavy atom. The van der Waals surface area contributed by atoms with Crippen LogP contribution in [0.4, 0.5) is 5.69 Å². The molecule has 0 bridgehead atoms. The summed E-state index contributed by atoms with van der Waals surface area (Å²) < 4.78 is 1.81. The molecule has 4 nitrogen and oxygen atoms in total. The summed E-state index contributed by atoms with van der Waals surface area (Å²) >= 11 is 1.74. The van der Waals surface area contributed by atoms with Crippen LogP contribution in [0.2, 0.25) is 0 Å². The van der Waals surface area contributed by atoms with Gasteiger partial charge < -0.3 is 5.32 Å². The zero-order valence-electron chi connectivity index (χ0n) is 9.34. The first-order valence-electron chi connectivity index (χ1n) is 5.02. The molecule has 0 saturated carbocycles. The van der Waals surface area contributed by atoms with Gasteiger partial charge in [-0.05, 0) is 12.1 Å². The van der Waals surface area contributed by atoms with Crippen LogP contribution < -0.4 is 5.32 Å². The van der Waals surface area contributed by atoms with Gasteiger partial charge in [0.05, 0.1) is 11.9 Å². The van der Waals surface area contributed by atoms with Crippen LogP contribution in [-0.4, -0.2) is 21.8 Å². The molecule has 0 spiro atoms. The molecule has 2 aromatic heterocycles. The Morgan fingerprint density at radius 1 is 1.50 bits per heavy atom. The Morgan fingerprint density at radius 2 is 2.38 bits per heavy atom. The fourth-order valence-corrected chi connectivity index (χ4v) is 2.16. The number of aromatic nitrogens is 3. The lowest BCUT2D eigenvalue weighted by molar-refractivity contribution is 0.766. The van der Waals surface area contributed by atoms with E-state index in [-0.39, 0.29) is 0 Å². The maximum absolute atomic E-state index is 4.32. The minimum absolute atomic E-state index is 0.862. The summed E-state index contributed by atoms with van der Waals surface area (Å²) in [4.78, 5) is 5.49. The summed E-state index contributed by atoms with van der Waals surface area (Å²) in [6.07, 6.45) is 5.70. The van der Waals surface area contributed by atoms with Crippen LogP contribution in [0.15, 0.2) is 35.6 Å². The fourth-order valence-electron chi connectivity index (χ4n) is 1.34. The summed E-state index contributed by atoms with van der Waals surface area (Å²) in [6, 6.07) is 4.02. The lowest BCUT2D eigenvalue weighted by Gasteiger charge is -2.02. The van der Waals surface area contributed by atoms with E-state index in [0.717, 1.165) is 17.1 Å².